The summed E-state index contributed by atoms with van der Waals surface area (Å²) in [6.07, 6.45) is 5.33. The lowest BCUT2D eigenvalue weighted by atomic mass is 10.0. The van der Waals surface area contributed by atoms with Crippen molar-refractivity contribution in [2.24, 2.45) is 5.73 Å². The number of aromatic nitrogens is 1. The Hall–Kier alpha value is -1.20. The van der Waals surface area contributed by atoms with Crippen molar-refractivity contribution in [1.29, 1.82) is 0 Å². The minimum Gasteiger partial charge on any atom is -0.389 e. The van der Waals surface area contributed by atoms with Crippen LogP contribution < -0.4 is 11.1 Å². The molecule has 0 amide bonds. The van der Waals surface area contributed by atoms with Crippen molar-refractivity contribution in [1.82, 2.24) is 9.88 Å². The summed E-state index contributed by atoms with van der Waals surface area (Å²) in [5.41, 5.74) is 6.38. The van der Waals surface area contributed by atoms with Gasteiger partial charge in [-0.05, 0) is 37.9 Å². The topological polar surface area (TPSA) is 54.2 Å². The van der Waals surface area contributed by atoms with Gasteiger partial charge in [0.25, 0.3) is 0 Å². The molecule has 104 valence electrons. The zero-order chi connectivity index (χ0) is 13.7. The molecule has 0 unspecified atom stereocenters. The van der Waals surface area contributed by atoms with Crippen molar-refractivity contribution in [2.75, 3.05) is 25.0 Å². The van der Waals surface area contributed by atoms with E-state index in [-0.39, 0.29) is 0 Å². The maximum atomic E-state index is 5.56. The Labute approximate surface area is 120 Å². The smallest absolute Gasteiger partial charge is 0.126 e. The van der Waals surface area contributed by atoms with Crippen molar-refractivity contribution < 1.29 is 0 Å². The van der Waals surface area contributed by atoms with E-state index >= 15 is 0 Å². The first-order valence-electron chi connectivity index (χ1n) is 6.93. The third-order valence-electron chi connectivity index (χ3n) is 3.53. The first-order valence-corrected chi connectivity index (χ1v) is 7.34. The fraction of sp³-hybridized carbons (Fsp3) is 0.571. The highest BCUT2D eigenvalue weighted by molar-refractivity contribution is 7.80. The number of likely N-dealkylation sites (tertiary alicyclic amines) is 1. The van der Waals surface area contributed by atoms with Gasteiger partial charge in [-0.3, -0.25) is 0 Å². The molecule has 0 bridgehead atoms. The predicted molar refractivity (Wildman–Crippen MR) is 83.5 cm³/mol. The number of anilines is 1. The summed E-state index contributed by atoms with van der Waals surface area (Å²) < 4.78 is 0. The van der Waals surface area contributed by atoms with Crippen LogP contribution in [0.3, 0.4) is 0 Å². The highest BCUT2D eigenvalue weighted by atomic mass is 32.1. The Morgan fingerprint density at radius 3 is 2.74 bits per heavy atom. The van der Waals surface area contributed by atoms with E-state index < -0.39 is 0 Å². The first-order chi connectivity index (χ1) is 9.19. The Morgan fingerprint density at radius 2 is 2.21 bits per heavy atom. The van der Waals surface area contributed by atoms with Crippen LogP contribution in [0.4, 0.5) is 5.82 Å². The Kier molecular flexibility index (Phi) is 5.10. The highest BCUT2D eigenvalue weighted by Gasteiger charge is 2.18. The van der Waals surface area contributed by atoms with Crippen LogP contribution in [0.25, 0.3) is 0 Å². The molecule has 1 saturated heterocycles. The molecular weight excluding hydrogens is 256 g/mol. The third-order valence-corrected chi connectivity index (χ3v) is 3.76. The van der Waals surface area contributed by atoms with Gasteiger partial charge in [-0.2, -0.15) is 0 Å². The minimum absolute atomic E-state index is 0.395. The van der Waals surface area contributed by atoms with Gasteiger partial charge in [-0.1, -0.05) is 19.1 Å². The molecule has 1 aromatic rings. The van der Waals surface area contributed by atoms with E-state index in [2.05, 4.69) is 22.1 Å². The Bertz CT molecular complexity index is 410. The summed E-state index contributed by atoms with van der Waals surface area (Å²) in [5, 5.41) is 3.49. The van der Waals surface area contributed by atoms with Gasteiger partial charge in [0.1, 0.15) is 10.8 Å². The van der Waals surface area contributed by atoms with Crippen molar-refractivity contribution >= 4 is 23.0 Å². The summed E-state index contributed by atoms with van der Waals surface area (Å²) >= 11 is 4.92. The van der Waals surface area contributed by atoms with Crippen molar-refractivity contribution in [3.8, 4) is 0 Å². The normalized spacial score (nSPS) is 17.3. The molecule has 1 aromatic heterocycles. The van der Waals surface area contributed by atoms with Crippen LogP contribution in [0.2, 0.25) is 0 Å². The summed E-state index contributed by atoms with van der Waals surface area (Å²) in [4.78, 5) is 7.28. The molecular formula is C14H22N4S. The maximum Gasteiger partial charge on any atom is 0.126 e. The number of nitrogens with two attached hydrogens (primary N) is 1. The van der Waals surface area contributed by atoms with Crippen molar-refractivity contribution in [3.05, 3.63) is 23.9 Å². The van der Waals surface area contributed by atoms with Gasteiger partial charge in [-0.25, -0.2) is 4.98 Å². The quantitative estimate of drug-likeness (QED) is 0.807. The number of hydrogen-bond donors (Lipinski definition) is 2. The molecule has 0 spiro atoms. The lowest BCUT2D eigenvalue weighted by Crippen LogP contribution is -2.39. The van der Waals surface area contributed by atoms with E-state index in [1.165, 1.54) is 38.9 Å². The molecule has 0 aromatic carbocycles. The lowest BCUT2D eigenvalue weighted by molar-refractivity contribution is 0.219. The minimum atomic E-state index is 0.395. The highest BCUT2D eigenvalue weighted by Crippen LogP contribution is 2.15. The molecule has 2 heterocycles. The van der Waals surface area contributed by atoms with Crippen LogP contribution in [0.5, 0.6) is 0 Å². The lowest BCUT2D eigenvalue weighted by Gasteiger charge is -2.32. The molecule has 0 atom stereocenters. The molecule has 1 aliphatic heterocycles. The zero-order valence-corrected chi connectivity index (χ0v) is 12.2. The van der Waals surface area contributed by atoms with E-state index in [0.717, 1.165) is 11.4 Å². The van der Waals surface area contributed by atoms with Crippen LogP contribution in [-0.2, 0) is 0 Å². The van der Waals surface area contributed by atoms with Crippen LogP contribution >= 0.6 is 12.2 Å². The fourth-order valence-electron chi connectivity index (χ4n) is 2.45. The van der Waals surface area contributed by atoms with Gasteiger partial charge in [-0.15, -0.1) is 0 Å². The van der Waals surface area contributed by atoms with Crippen molar-refractivity contribution in [3.63, 3.8) is 0 Å². The molecule has 0 saturated carbocycles. The second kappa shape index (κ2) is 6.82. The van der Waals surface area contributed by atoms with Crippen LogP contribution in [-0.4, -0.2) is 40.5 Å². The summed E-state index contributed by atoms with van der Waals surface area (Å²) in [5.74, 6) is 0.911. The Balaban J connectivity index is 1.83. The van der Waals surface area contributed by atoms with Crippen LogP contribution in [0.15, 0.2) is 18.3 Å². The maximum absolute atomic E-state index is 5.56. The van der Waals surface area contributed by atoms with Gasteiger partial charge in [0, 0.05) is 30.9 Å². The molecule has 1 aliphatic rings. The third kappa shape index (κ3) is 4.14. The number of rotatable bonds is 5. The molecule has 5 heteroatoms. The largest absolute Gasteiger partial charge is 0.389 e. The van der Waals surface area contributed by atoms with Crippen LogP contribution in [0, 0.1) is 0 Å². The molecule has 3 N–H and O–H groups in total. The average Bonchev–Trinajstić information content (AvgIpc) is 2.42. The molecule has 4 nitrogen and oxygen atoms in total. The zero-order valence-electron chi connectivity index (χ0n) is 11.4. The number of piperidine rings is 1. The number of thiocarbonyl (C=S) groups is 1. The van der Waals surface area contributed by atoms with E-state index in [1.54, 1.807) is 6.20 Å². The monoisotopic (exact) mass is 278 g/mol. The van der Waals surface area contributed by atoms with Gasteiger partial charge < -0.3 is 16.0 Å². The molecule has 19 heavy (non-hydrogen) atoms. The van der Waals surface area contributed by atoms with Gasteiger partial charge in [0.05, 0.1) is 0 Å². The second-order valence-corrected chi connectivity index (χ2v) is 5.50. The van der Waals surface area contributed by atoms with E-state index in [9.17, 15) is 0 Å². The summed E-state index contributed by atoms with van der Waals surface area (Å²) in [6.45, 7) is 5.80. The second-order valence-electron chi connectivity index (χ2n) is 5.06. The van der Waals surface area contributed by atoms with E-state index in [1.807, 2.05) is 12.1 Å². The van der Waals surface area contributed by atoms with E-state index in [0.29, 0.717) is 11.0 Å². The number of nitrogens with zero attached hydrogens (tertiary/aromatic N) is 2. The van der Waals surface area contributed by atoms with Gasteiger partial charge in [0.15, 0.2) is 0 Å². The van der Waals surface area contributed by atoms with Gasteiger partial charge >= 0.3 is 0 Å². The van der Waals surface area contributed by atoms with Crippen LogP contribution in [0.1, 0.15) is 31.7 Å². The molecule has 2 rings (SSSR count). The molecule has 1 fully saturated rings. The number of pyridine rings is 1. The average molecular weight is 278 g/mol. The van der Waals surface area contributed by atoms with E-state index in [4.69, 9.17) is 18.0 Å². The molecule has 0 radical (unpaired) electrons. The number of nitrogens with one attached hydrogen (secondary N) is 1. The predicted octanol–water partition coefficient (Wildman–Crippen LogP) is 2.00. The summed E-state index contributed by atoms with van der Waals surface area (Å²) in [7, 11) is 0. The molecule has 0 aliphatic carbocycles. The standard InChI is InChI=1S/C14H22N4S/c1-2-7-18-8-5-12(6-9-18)17-13-4-3-11(10-16-13)14(15)19/h3-4,10,12H,2,5-9H2,1H3,(H2,15,19)(H,16,17). The van der Waals surface area contributed by atoms with Crippen molar-refractivity contribution in [2.45, 2.75) is 32.2 Å². The summed E-state index contributed by atoms with van der Waals surface area (Å²) in [6, 6.07) is 4.40. The first kappa shape index (κ1) is 14.2. The Morgan fingerprint density at radius 1 is 1.47 bits per heavy atom. The van der Waals surface area contributed by atoms with Gasteiger partial charge in [0.2, 0.25) is 0 Å². The number of hydrogen-bond acceptors (Lipinski definition) is 4. The fourth-order valence-corrected chi connectivity index (χ4v) is 2.57. The SMILES string of the molecule is CCCN1CCC(Nc2ccc(C(N)=S)cn2)CC1.